The van der Waals surface area contributed by atoms with E-state index in [1.54, 1.807) is 0 Å². The molecule has 0 radical (unpaired) electrons. The van der Waals surface area contributed by atoms with E-state index in [0.717, 1.165) is 24.9 Å². The second-order valence-electron chi connectivity index (χ2n) is 6.23. The Bertz CT molecular complexity index is 420. The Balaban J connectivity index is 2.38. The van der Waals surface area contributed by atoms with Gasteiger partial charge < -0.3 is 5.11 Å². The topological polar surface area (TPSA) is 23.5 Å². The predicted octanol–water partition coefficient (Wildman–Crippen LogP) is 3.29. The molecule has 0 amide bonds. The summed E-state index contributed by atoms with van der Waals surface area (Å²) in [5.41, 5.74) is 4.13. The quantitative estimate of drug-likeness (QED) is 0.867. The maximum Gasteiger partial charge on any atom is 0.0681 e. The summed E-state index contributed by atoms with van der Waals surface area (Å²) >= 11 is 0. The van der Waals surface area contributed by atoms with Crippen LogP contribution in [0.15, 0.2) is 18.2 Å². The Morgan fingerprint density at radius 2 is 2.06 bits per heavy atom. The highest BCUT2D eigenvalue weighted by atomic mass is 16.3. The van der Waals surface area contributed by atoms with E-state index in [1.807, 2.05) is 0 Å². The number of fused-ring (bicyclic) bond motifs is 1. The van der Waals surface area contributed by atoms with Crippen LogP contribution in [0.5, 0.6) is 0 Å². The Morgan fingerprint density at radius 3 is 2.61 bits per heavy atom. The molecular weight excluding hydrogens is 222 g/mol. The van der Waals surface area contributed by atoms with Crippen LogP contribution in [0.4, 0.5) is 0 Å². The van der Waals surface area contributed by atoms with Crippen molar-refractivity contribution in [1.82, 2.24) is 4.90 Å². The molecule has 0 saturated carbocycles. The molecule has 100 valence electrons. The molecule has 2 nitrogen and oxygen atoms in total. The van der Waals surface area contributed by atoms with Crippen molar-refractivity contribution in [3.05, 3.63) is 34.9 Å². The maximum atomic E-state index is 9.23. The Kier molecular flexibility index (Phi) is 3.79. The summed E-state index contributed by atoms with van der Waals surface area (Å²) in [6.45, 7) is 10.4. The van der Waals surface area contributed by atoms with Crippen molar-refractivity contribution in [2.75, 3.05) is 6.54 Å². The molecular formula is C16H25NO. The van der Waals surface area contributed by atoms with Gasteiger partial charge in [-0.05, 0) is 50.3 Å². The smallest absolute Gasteiger partial charge is 0.0681 e. The van der Waals surface area contributed by atoms with Gasteiger partial charge in [0.1, 0.15) is 0 Å². The minimum absolute atomic E-state index is 0.146. The van der Waals surface area contributed by atoms with Gasteiger partial charge in [0.15, 0.2) is 0 Å². The monoisotopic (exact) mass is 247 g/mol. The first kappa shape index (κ1) is 13.6. The molecule has 18 heavy (non-hydrogen) atoms. The number of hydrogen-bond donors (Lipinski definition) is 1. The summed E-state index contributed by atoms with van der Waals surface area (Å²) in [5.74, 6) is 0. The average Bonchev–Trinajstić information content (AvgIpc) is 2.35. The van der Waals surface area contributed by atoms with Gasteiger partial charge >= 0.3 is 0 Å². The average molecular weight is 247 g/mol. The Hall–Kier alpha value is -0.860. The molecule has 1 aliphatic rings. The van der Waals surface area contributed by atoms with Crippen molar-refractivity contribution >= 4 is 0 Å². The molecule has 1 unspecified atom stereocenters. The van der Waals surface area contributed by atoms with Crippen LogP contribution in [0.1, 0.15) is 56.8 Å². The Morgan fingerprint density at radius 1 is 1.33 bits per heavy atom. The van der Waals surface area contributed by atoms with Gasteiger partial charge in [-0.15, -0.1) is 0 Å². The molecule has 1 atom stereocenters. The zero-order valence-corrected chi connectivity index (χ0v) is 12.0. The van der Waals surface area contributed by atoms with Crippen LogP contribution in [0.2, 0.25) is 0 Å². The van der Waals surface area contributed by atoms with Crippen LogP contribution < -0.4 is 0 Å². The zero-order chi connectivity index (χ0) is 13.3. The van der Waals surface area contributed by atoms with E-state index in [-0.39, 0.29) is 12.1 Å². The van der Waals surface area contributed by atoms with Gasteiger partial charge in [0.2, 0.25) is 0 Å². The SMILES string of the molecule is CCC1c2ccc(CO)cc2CCN1C(C)(C)C. The van der Waals surface area contributed by atoms with E-state index in [0.29, 0.717) is 6.04 Å². The molecule has 2 rings (SSSR count). The summed E-state index contributed by atoms with van der Waals surface area (Å²) < 4.78 is 0. The molecule has 1 heterocycles. The molecule has 0 fully saturated rings. The molecule has 0 aliphatic carbocycles. The highest BCUT2D eigenvalue weighted by Crippen LogP contribution is 2.36. The fourth-order valence-corrected chi connectivity index (χ4v) is 3.11. The van der Waals surface area contributed by atoms with Crippen LogP contribution in [0, 0.1) is 0 Å². The maximum absolute atomic E-state index is 9.23. The molecule has 1 aromatic rings. The standard InChI is InChI=1S/C16H25NO/c1-5-15-14-7-6-12(11-18)10-13(14)8-9-17(15)16(2,3)4/h6-7,10,15,18H,5,8-9,11H2,1-4H3. The highest BCUT2D eigenvalue weighted by Gasteiger charge is 2.32. The lowest BCUT2D eigenvalue weighted by Crippen LogP contribution is -2.47. The molecule has 0 bridgehead atoms. The zero-order valence-electron chi connectivity index (χ0n) is 12.0. The van der Waals surface area contributed by atoms with E-state index in [4.69, 9.17) is 0 Å². The predicted molar refractivity (Wildman–Crippen MR) is 75.6 cm³/mol. The van der Waals surface area contributed by atoms with Crippen LogP contribution in [0.25, 0.3) is 0 Å². The van der Waals surface area contributed by atoms with Crippen molar-refractivity contribution in [2.45, 2.75) is 58.7 Å². The summed E-state index contributed by atoms with van der Waals surface area (Å²) in [5, 5.41) is 9.23. The van der Waals surface area contributed by atoms with Gasteiger partial charge in [-0.2, -0.15) is 0 Å². The number of benzene rings is 1. The van der Waals surface area contributed by atoms with Crippen molar-refractivity contribution in [3.8, 4) is 0 Å². The molecule has 1 aromatic carbocycles. The van der Waals surface area contributed by atoms with Gasteiger partial charge in [0, 0.05) is 18.1 Å². The highest BCUT2D eigenvalue weighted by molar-refractivity contribution is 5.36. The van der Waals surface area contributed by atoms with Crippen LogP contribution in [-0.2, 0) is 13.0 Å². The third-order valence-corrected chi connectivity index (χ3v) is 4.00. The van der Waals surface area contributed by atoms with Gasteiger partial charge in [-0.1, -0.05) is 25.1 Å². The third kappa shape index (κ3) is 2.45. The van der Waals surface area contributed by atoms with Crippen LogP contribution >= 0.6 is 0 Å². The minimum atomic E-state index is 0.146. The van der Waals surface area contributed by atoms with E-state index < -0.39 is 0 Å². The lowest BCUT2D eigenvalue weighted by atomic mass is 9.86. The summed E-state index contributed by atoms with van der Waals surface area (Å²) in [6.07, 6.45) is 2.24. The number of aliphatic hydroxyl groups is 1. The second-order valence-corrected chi connectivity index (χ2v) is 6.23. The number of aliphatic hydroxyl groups excluding tert-OH is 1. The van der Waals surface area contributed by atoms with Crippen molar-refractivity contribution in [3.63, 3.8) is 0 Å². The lowest BCUT2D eigenvalue weighted by Gasteiger charge is -2.45. The molecule has 1 aliphatic heterocycles. The minimum Gasteiger partial charge on any atom is -0.392 e. The second kappa shape index (κ2) is 5.02. The van der Waals surface area contributed by atoms with Crippen LogP contribution in [0.3, 0.4) is 0 Å². The number of hydrogen-bond acceptors (Lipinski definition) is 2. The van der Waals surface area contributed by atoms with E-state index in [2.05, 4.69) is 50.8 Å². The molecule has 0 aromatic heterocycles. The fourth-order valence-electron chi connectivity index (χ4n) is 3.11. The Labute approximate surface area is 111 Å². The first-order valence-corrected chi connectivity index (χ1v) is 6.96. The first-order valence-electron chi connectivity index (χ1n) is 6.96. The van der Waals surface area contributed by atoms with Crippen molar-refractivity contribution < 1.29 is 5.11 Å². The van der Waals surface area contributed by atoms with E-state index >= 15 is 0 Å². The van der Waals surface area contributed by atoms with Gasteiger partial charge in [0.25, 0.3) is 0 Å². The van der Waals surface area contributed by atoms with Crippen molar-refractivity contribution in [1.29, 1.82) is 0 Å². The van der Waals surface area contributed by atoms with E-state index in [9.17, 15) is 5.11 Å². The summed E-state index contributed by atoms with van der Waals surface area (Å²) in [7, 11) is 0. The summed E-state index contributed by atoms with van der Waals surface area (Å²) in [6, 6.07) is 6.97. The number of rotatable bonds is 2. The first-order chi connectivity index (χ1) is 8.47. The lowest BCUT2D eigenvalue weighted by molar-refractivity contribution is 0.0706. The molecule has 0 spiro atoms. The van der Waals surface area contributed by atoms with Gasteiger partial charge in [-0.3, -0.25) is 4.90 Å². The molecule has 1 N–H and O–H groups in total. The molecule has 2 heteroatoms. The van der Waals surface area contributed by atoms with Crippen LogP contribution in [-0.4, -0.2) is 22.1 Å². The third-order valence-electron chi connectivity index (χ3n) is 4.00. The fraction of sp³-hybridized carbons (Fsp3) is 0.625. The van der Waals surface area contributed by atoms with Gasteiger partial charge in [-0.25, -0.2) is 0 Å². The normalized spacial score (nSPS) is 20.8. The van der Waals surface area contributed by atoms with Gasteiger partial charge in [0.05, 0.1) is 6.61 Å². The number of nitrogens with zero attached hydrogens (tertiary/aromatic N) is 1. The summed E-state index contributed by atoms with van der Waals surface area (Å²) in [4.78, 5) is 2.61. The van der Waals surface area contributed by atoms with E-state index in [1.165, 1.54) is 11.1 Å². The van der Waals surface area contributed by atoms with Crippen molar-refractivity contribution in [2.24, 2.45) is 0 Å². The molecule has 0 saturated heterocycles. The largest absolute Gasteiger partial charge is 0.392 e.